The Hall–Kier alpha value is -3.58. The second-order valence-electron chi connectivity index (χ2n) is 7.40. The van der Waals surface area contributed by atoms with Crippen molar-refractivity contribution in [3.63, 3.8) is 0 Å². The third kappa shape index (κ3) is 4.78. The average Bonchev–Trinajstić information content (AvgIpc) is 3.17. The molecule has 1 aromatic heterocycles. The van der Waals surface area contributed by atoms with E-state index in [2.05, 4.69) is 41.6 Å². The van der Waals surface area contributed by atoms with Crippen LogP contribution >= 0.6 is 12.2 Å². The number of nitrogens with one attached hydrogen (secondary N) is 2. The van der Waals surface area contributed by atoms with Gasteiger partial charge in [0.25, 0.3) is 5.91 Å². The van der Waals surface area contributed by atoms with Gasteiger partial charge in [-0.2, -0.15) is 0 Å². The number of hydrogen-bond acceptors (Lipinski definition) is 4. The number of rotatable bonds is 4. The molecular weight excluding hydrogens is 413 g/mol. The van der Waals surface area contributed by atoms with E-state index >= 15 is 0 Å². The van der Waals surface area contributed by atoms with Crippen molar-refractivity contribution in [2.24, 2.45) is 0 Å². The van der Waals surface area contributed by atoms with Crippen LogP contribution in [0.4, 0.5) is 10.1 Å². The fourth-order valence-electron chi connectivity index (χ4n) is 3.11. The number of carbonyl (C=O) groups is 1. The van der Waals surface area contributed by atoms with Crippen molar-refractivity contribution in [3.05, 3.63) is 83.7 Å². The van der Waals surface area contributed by atoms with Crippen LogP contribution in [-0.4, -0.2) is 16.0 Å². The average molecular weight is 434 g/mol. The van der Waals surface area contributed by atoms with Gasteiger partial charge in [-0.05, 0) is 72.2 Å². The quantitative estimate of drug-likeness (QED) is 0.393. The third-order valence-corrected chi connectivity index (χ3v) is 4.99. The fourth-order valence-corrected chi connectivity index (χ4v) is 3.32. The summed E-state index contributed by atoms with van der Waals surface area (Å²) in [6.45, 7) is 4.29. The Kier molecular flexibility index (Phi) is 5.77. The number of benzene rings is 3. The van der Waals surface area contributed by atoms with E-state index in [0.29, 0.717) is 28.6 Å². The number of aromatic nitrogens is 1. The van der Waals surface area contributed by atoms with Gasteiger partial charge in [-0.15, -0.1) is 0 Å². The van der Waals surface area contributed by atoms with Crippen molar-refractivity contribution in [1.82, 2.24) is 10.3 Å². The molecule has 0 aliphatic rings. The summed E-state index contributed by atoms with van der Waals surface area (Å²) in [6, 6.07) is 18.9. The normalized spacial score (nSPS) is 11.0. The number of fused-ring (bicyclic) bond motifs is 1. The van der Waals surface area contributed by atoms with Gasteiger partial charge in [0.05, 0.1) is 0 Å². The molecule has 4 rings (SSSR count). The van der Waals surface area contributed by atoms with Crippen LogP contribution in [0.5, 0.6) is 0 Å². The lowest BCUT2D eigenvalue weighted by molar-refractivity contribution is 0.0977. The topological polar surface area (TPSA) is 67.2 Å². The Morgan fingerprint density at radius 3 is 2.55 bits per heavy atom. The summed E-state index contributed by atoms with van der Waals surface area (Å²) < 4.78 is 19.2. The van der Waals surface area contributed by atoms with Crippen molar-refractivity contribution >= 4 is 40.0 Å². The highest BCUT2D eigenvalue weighted by Crippen LogP contribution is 2.27. The third-order valence-electron chi connectivity index (χ3n) is 4.78. The van der Waals surface area contributed by atoms with Gasteiger partial charge in [0.1, 0.15) is 11.3 Å². The maximum Gasteiger partial charge on any atom is 0.257 e. The molecule has 0 spiro atoms. The summed E-state index contributed by atoms with van der Waals surface area (Å²) in [6.07, 6.45) is 0. The van der Waals surface area contributed by atoms with Gasteiger partial charge in [-0.1, -0.05) is 32.0 Å². The van der Waals surface area contributed by atoms with Gasteiger partial charge >= 0.3 is 0 Å². The molecular formula is C24H20FN3O2S. The molecule has 0 aliphatic carbocycles. The van der Waals surface area contributed by atoms with E-state index in [-0.39, 0.29) is 10.7 Å². The molecule has 2 N–H and O–H groups in total. The smallest absolute Gasteiger partial charge is 0.257 e. The predicted octanol–water partition coefficient (Wildman–Crippen LogP) is 5.88. The monoisotopic (exact) mass is 433 g/mol. The number of oxazole rings is 1. The first-order valence-electron chi connectivity index (χ1n) is 9.78. The van der Waals surface area contributed by atoms with Gasteiger partial charge in [-0.25, -0.2) is 9.37 Å². The number of halogens is 1. The van der Waals surface area contributed by atoms with E-state index in [1.54, 1.807) is 18.2 Å². The molecule has 0 bridgehead atoms. The largest absolute Gasteiger partial charge is 0.436 e. The van der Waals surface area contributed by atoms with Gasteiger partial charge in [0.15, 0.2) is 10.7 Å². The highest BCUT2D eigenvalue weighted by Gasteiger charge is 2.12. The highest BCUT2D eigenvalue weighted by atomic mass is 32.1. The number of hydrogen-bond donors (Lipinski definition) is 2. The number of thiocarbonyl (C=S) groups is 1. The first-order valence-corrected chi connectivity index (χ1v) is 10.2. The molecule has 156 valence electrons. The summed E-state index contributed by atoms with van der Waals surface area (Å²) in [5.41, 5.74) is 4.28. The molecule has 0 atom stereocenters. The van der Waals surface area contributed by atoms with E-state index in [0.717, 1.165) is 11.6 Å². The highest BCUT2D eigenvalue weighted by molar-refractivity contribution is 7.80. The van der Waals surface area contributed by atoms with Gasteiger partial charge in [-0.3, -0.25) is 10.1 Å². The second kappa shape index (κ2) is 8.65. The molecule has 0 saturated heterocycles. The van der Waals surface area contributed by atoms with E-state index in [1.807, 2.05) is 12.1 Å². The summed E-state index contributed by atoms with van der Waals surface area (Å²) in [7, 11) is 0. The van der Waals surface area contributed by atoms with Crippen LogP contribution in [0, 0.1) is 5.82 Å². The number of anilines is 1. The Balaban J connectivity index is 1.47. The fraction of sp³-hybridized carbons (Fsp3) is 0.125. The number of nitrogens with zero attached hydrogens (tertiary/aromatic N) is 1. The molecule has 7 heteroatoms. The minimum atomic E-state index is -0.494. The van der Waals surface area contributed by atoms with Crippen molar-refractivity contribution in [1.29, 1.82) is 0 Å². The van der Waals surface area contributed by atoms with Crippen molar-refractivity contribution < 1.29 is 13.6 Å². The van der Waals surface area contributed by atoms with Crippen LogP contribution in [0.1, 0.15) is 35.7 Å². The zero-order valence-corrected chi connectivity index (χ0v) is 17.8. The van der Waals surface area contributed by atoms with Crippen LogP contribution in [0.3, 0.4) is 0 Å². The summed E-state index contributed by atoms with van der Waals surface area (Å²) in [5, 5.41) is 5.58. The van der Waals surface area contributed by atoms with Crippen molar-refractivity contribution in [2.75, 3.05) is 5.32 Å². The molecule has 4 aromatic rings. The zero-order valence-electron chi connectivity index (χ0n) is 17.0. The molecule has 0 saturated carbocycles. The molecule has 0 unspecified atom stereocenters. The lowest BCUT2D eigenvalue weighted by Crippen LogP contribution is -2.34. The predicted molar refractivity (Wildman–Crippen MR) is 124 cm³/mol. The maximum absolute atomic E-state index is 13.3. The molecule has 0 fully saturated rings. The van der Waals surface area contributed by atoms with Gasteiger partial charge < -0.3 is 9.73 Å². The van der Waals surface area contributed by atoms with Crippen molar-refractivity contribution in [2.45, 2.75) is 19.8 Å². The van der Waals surface area contributed by atoms with E-state index < -0.39 is 11.7 Å². The minimum absolute atomic E-state index is 0.0987. The molecule has 5 nitrogen and oxygen atoms in total. The standard InChI is InChI=1S/C24H20FN3O2S/c1-14(2)15-6-8-16(9-7-15)23-27-20-13-19(10-11-21(20)30-23)26-24(31)28-22(29)17-4-3-5-18(25)12-17/h3-14H,1-2H3,(H2,26,28,29,31). The zero-order chi connectivity index (χ0) is 22.0. The summed E-state index contributed by atoms with van der Waals surface area (Å²) in [4.78, 5) is 16.8. The molecule has 0 radical (unpaired) electrons. The Labute approximate surface area is 184 Å². The Bertz CT molecular complexity index is 1270. The van der Waals surface area contributed by atoms with Gasteiger partial charge in [0.2, 0.25) is 5.89 Å². The number of amides is 1. The minimum Gasteiger partial charge on any atom is -0.436 e. The SMILES string of the molecule is CC(C)c1ccc(-c2nc3cc(NC(=S)NC(=O)c4cccc(F)c4)ccc3o2)cc1. The summed E-state index contributed by atoms with van der Waals surface area (Å²) in [5.74, 6) is 0.00491. The van der Waals surface area contributed by atoms with Crippen molar-refractivity contribution in [3.8, 4) is 11.5 Å². The van der Waals surface area contributed by atoms with E-state index in [4.69, 9.17) is 16.6 Å². The molecule has 31 heavy (non-hydrogen) atoms. The maximum atomic E-state index is 13.3. The Morgan fingerprint density at radius 1 is 1.06 bits per heavy atom. The van der Waals surface area contributed by atoms with Gasteiger partial charge in [0, 0.05) is 16.8 Å². The van der Waals surface area contributed by atoms with Crippen LogP contribution in [0.2, 0.25) is 0 Å². The van der Waals surface area contributed by atoms with Crippen LogP contribution < -0.4 is 10.6 Å². The second-order valence-corrected chi connectivity index (χ2v) is 7.81. The van der Waals surface area contributed by atoms with E-state index in [9.17, 15) is 9.18 Å². The van der Waals surface area contributed by atoms with Crippen LogP contribution in [0.15, 0.2) is 71.1 Å². The first-order chi connectivity index (χ1) is 14.9. The van der Waals surface area contributed by atoms with Crippen LogP contribution in [-0.2, 0) is 0 Å². The Morgan fingerprint density at radius 2 is 1.84 bits per heavy atom. The molecule has 1 heterocycles. The molecule has 1 amide bonds. The number of carbonyl (C=O) groups excluding carboxylic acids is 1. The van der Waals surface area contributed by atoms with E-state index in [1.165, 1.54) is 23.8 Å². The van der Waals surface area contributed by atoms with Crippen LogP contribution in [0.25, 0.3) is 22.6 Å². The molecule has 3 aromatic carbocycles. The lowest BCUT2D eigenvalue weighted by Gasteiger charge is -2.09. The molecule has 0 aliphatic heterocycles. The first kappa shape index (κ1) is 20.7. The summed E-state index contributed by atoms with van der Waals surface area (Å²) >= 11 is 5.20. The lowest BCUT2D eigenvalue weighted by atomic mass is 10.0.